The lowest BCUT2D eigenvalue weighted by Crippen LogP contribution is -2.14. The van der Waals surface area contributed by atoms with Gasteiger partial charge in [0.2, 0.25) is 5.16 Å². The minimum Gasteiger partial charge on any atom is -0.468 e. The number of tetrazole rings is 1. The van der Waals surface area contributed by atoms with Gasteiger partial charge in [0.05, 0.1) is 12.9 Å². The molecule has 0 amide bonds. The maximum absolute atomic E-state index is 12.6. The average molecular weight is 304 g/mol. The first-order valence-electron chi connectivity index (χ1n) is 5.37. The molecule has 20 heavy (non-hydrogen) atoms. The van der Waals surface area contributed by atoms with Crippen LogP contribution in [0.15, 0.2) is 17.6 Å². The van der Waals surface area contributed by atoms with Crippen LogP contribution < -0.4 is 0 Å². The number of esters is 1. The van der Waals surface area contributed by atoms with E-state index in [1.54, 1.807) is 0 Å². The van der Waals surface area contributed by atoms with E-state index >= 15 is 0 Å². The van der Waals surface area contributed by atoms with Crippen LogP contribution >= 0.6 is 11.8 Å². The van der Waals surface area contributed by atoms with Gasteiger partial charge in [-0.2, -0.15) is 8.78 Å². The van der Waals surface area contributed by atoms with Crippen LogP contribution in [0.4, 0.5) is 8.78 Å². The van der Waals surface area contributed by atoms with E-state index in [2.05, 4.69) is 25.2 Å². The summed E-state index contributed by atoms with van der Waals surface area (Å²) in [4.78, 5) is 15.0. The molecule has 0 N–H and O–H groups in total. The third-order valence-corrected chi connectivity index (χ3v) is 3.25. The molecule has 2 heterocycles. The molecule has 0 saturated carbocycles. The molecule has 0 radical (unpaired) electrons. The van der Waals surface area contributed by atoms with E-state index in [4.69, 9.17) is 0 Å². The number of aromatic nitrogens is 6. The number of alkyl halides is 2. The van der Waals surface area contributed by atoms with Crippen LogP contribution in [0.25, 0.3) is 0 Å². The topological polar surface area (TPSA) is 87.7 Å². The van der Waals surface area contributed by atoms with Crippen molar-refractivity contribution in [2.45, 2.75) is 24.0 Å². The van der Waals surface area contributed by atoms with Crippen molar-refractivity contribution in [2.75, 3.05) is 7.11 Å². The van der Waals surface area contributed by atoms with Crippen LogP contribution in [0.2, 0.25) is 0 Å². The zero-order valence-electron chi connectivity index (χ0n) is 10.3. The average Bonchev–Trinajstić information content (AvgIpc) is 3.04. The van der Waals surface area contributed by atoms with Crippen molar-refractivity contribution < 1.29 is 18.3 Å². The Kier molecular flexibility index (Phi) is 4.61. The Bertz CT molecular complexity index is 587. The number of ether oxygens (including phenoxy) is 1. The van der Waals surface area contributed by atoms with Gasteiger partial charge in [0.1, 0.15) is 12.4 Å². The van der Waals surface area contributed by atoms with Crippen molar-refractivity contribution in [1.82, 2.24) is 29.8 Å². The van der Waals surface area contributed by atoms with Gasteiger partial charge in [0, 0.05) is 12.4 Å². The fourth-order valence-electron chi connectivity index (χ4n) is 1.35. The highest BCUT2D eigenvalue weighted by atomic mass is 32.2. The number of methoxy groups -OCH3 is 1. The Morgan fingerprint density at radius 2 is 2.35 bits per heavy atom. The number of thioether (sulfide) groups is 1. The van der Waals surface area contributed by atoms with Crippen LogP contribution in [0.1, 0.15) is 12.4 Å². The van der Waals surface area contributed by atoms with E-state index in [1.807, 2.05) is 0 Å². The summed E-state index contributed by atoms with van der Waals surface area (Å²) in [5, 5.41) is 11.1. The normalized spacial score (nSPS) is 11.0. The molecule has 0 aliphatic rings. The zero-order chi connectivity index (χ0) is 14.5. The highest BCUT2D eigenvalue weighted by molar-refractivity contribution is 7.98. The zero-order valence-corrected chi connectivity index (χ0v) is 11.1. The van der Waals surface area contributed by atoms with Gasteiger partial charge in [-0.15, -0.1) is 5.10 Å². The molecule has 0 spiro atoms. The molecule has 0 aromatic carbocycles. The summed E-state index contributed by atoms with van der Waals surface area (Å²) in [5.41, 5.74) is 0. The molecule has 2 aromatic rings. The van der Waals surface area contributed by atoms with Gasteiger partial charge in [0.15, 0.2) is 0 Å². The maximum Gasteiger partial charge on any atom is 0.327 e. The summed E-state index contributed by atoms with van der Waals surface area (Å²) in [6, 6.07) is 0. The smallest absolute Gasteiger partial charge is 0.327 e. The first kappa shape index (κ1) is 14.4. The number of hydrogen-bond donors (Lipinski definition) is 0. The van der Waals surface area contributed by atoms with Gasteiger partial charge >= 0.3 is 12.5 Å². The summed E-state index contributed by atoms with van der Waals surface area (Å²) in [6.45, 7) is -2.80. The van der Waals surface area contributed by atoms with Gasteiger partial charge in [0.25, 0.3) is 0 Å². The fraction of sp³-hybridized carbons (Fsp3) is 0.444. The molecule has 0 fully saturated rings. The lowest BCUT2D eigenvalue weighted by Gasteiger charge is -2.06. The second kappa shape index (κ2) is 6.41. The third-order valence-electron chi connectivity index (χ3n) is 2.30. The quantitative estimate of drug-likeness (QED) is 0.574. The van der Waals surface area contributed by atoms with Gasteiger partial charge in [-0.05, 0) is 10.4 Å². The van der Waals surface area contributed by atoms with Crippen LogP contribution in [-0.4, -0.2) is 42.8 Å². The molecule has 0 unspecified atom stereocenters. The van der Waals surface area contributed by atoms with E-state index in [-0.39, 0.29) is 18.1 Å². The second-order valence-corrected chi connectivity index (χ2v) is 4.45. The van der Waals surface area contributed by atoms with Crippen LogP contribution in [0.3, 0.4) is 0 Å². The molecular formula is C9H10F2N6O2S. The second-order valence-electron chi connectivity index (χ2n) is 3.51. The lowest BCUT2D eigenvalue weighted by atomic mass is 10.7. The Labute approximate surface area is 116 Å². The van der Waals surface area contributed by atoms with Crippen molar-refractivity contribution in [3.8, 4) is 0 Å². The first-order valence-corrected chi connectivity index (χ1v) is 6.36. The van der Waals surface area contributed by atoms with E-state index in [0.717, 1.165) is 16.3 Å². The van der Waals surface area contributed by atoms with E-state index in [9.17, 15) is 13.6 Å². The molecule has 0 aliphatic carbocycles. The third kappa shape index (κ3) is 3.29. The highest BCUT2D eigenvalue weighted by Crippen LogP contribution is 2.21. The Morgan fingerprint density at radius 1 is 1.55 bits per heavy atom. The number of rotatable bonds is 6. The Balaban J connectivity index is 2.02. The Morgan fingerprint density at radius 3 is 3.05 bits per heavy atom. The number of hydrogen-bond acceptors (Lipinski definition) is 7. The summed E-state index contributed by atoms with van der Waals surface area (Å²) in [5.74, 6) is -0.162. The summed E-state index contributed by atoms with van der Waals surface area (Å²) in [6.07, 6.45) is 2.48. The summed E-state index contributed by atoms with van der Waals surface area (Å²) >= 11 is 1.10. The summed E-state index contributed by atoms with van der Waals surface area (Å²) in [7, 11) is 1.25. The van der Waals surface area contributed by atoms with Gasteiger partial charge in [-0.25, -0.2) is 9.67 Å². The first-order chi connectivity index (χ1) is 9.61. The standard InChI is InChI=1S/C9H10F2N6O2S/c1-19-7(18)4-17-9(13-14-15-17)20-5-6-12-2-3-16(6)8(10)11/h2-3,8H,4-5H2,1H3. The van der Waals surface area contributed by atoms with Gasteiger partial charge in [-0.1, -0.05) is 11.8 Å². The fourth-order valence-corrected chi connectivity index (χ4v) is 2.17. The van der Waals surface area contributed by atoms with Crippen LogP contribution in [0, 0.1) is 0 Å². The van der Waals surface area contributed by atoms with Crippen LogP contribution in [-0.2, 0) is 21.8 Å². The number of halogens is 2. The molecule has 8 nitrogen and oxygen atoms in total. The van der Waals surface area contributed by atoms with Crippen molar-refractivity contribution in [3.63, 3.8) is 0 Å². The molecule has 11 heteroatoms. The number of imidazole rings is 1. The number of carbonyl (C=O) groups excluding carboxylic acids is 1. The van der Waals surface area contributed by atoms with Gasteiger partial charge in [-0.3, -0.25) is 9.36 Å². The largest absolute Gasteiger partial charge is 0.468 e. The number of nitrogens with zero attached hydrogens (tertiary/aromatic N) is 6. The SMILES string of the molecule is COC(=O)Cn1nnnc1SCc1nccn1C(F)F. The molecule has 0 bridgehead atoms. The molecule has 0 aliphatic heterocycles. The van der Waals surface area contributed by atoms with Crippen molar-refractivity contribution in [1.29, 1.82) is 0 Å². The molecule has 2 rings (SSSR count). The van der Waals surface area contributed by atoms with Crippen LogP contribution in [0.5, 0.6) is 0 Å². The van der Waals surface area contributed by atoms with Gasteiger partial charge < -0.3 is 4.74 Å². The maximum atomic E-state index is 12.6. The van der Waals surface area contributed by atoms with Crippen molar-refractivity contribution >= 4 is 17.7 Å². The predicted molar refractivity (Wildman–Crippen MR) is 62.9 cm³/mol. The van der Waals surface area contributed by atoms with E-state index < -0.39 is 12.5 Å². The molecule has 0 saturated heterocycles. The molecule has 2 aromatic heterocycles. The molecule has 108 valence electrons. The Hall–Kier alpha value is -2.04. The highest BCUT2D eigenvalue weighted by Gasteiger charge is 2.15. The number of carbonyl (C=O) groups is 1. The minimum absolute atomic E-state index is 0.144. The molecule has 0 atom stereocenters. The lowest BCUT2D eigenvalue weighted by molar-refractivity contribution is -0.141. The predicted octanol–water partition coefficient (Wildman–Crippen LogP) is 0.730. The monoisotopic (exact) mass is 304 g/mol. The van der Waals surface area contributed by atoms with E-state index in [0.29, 0.717) is 5.16 Å². The minimum atomic E-state index is -2.65. The van der Waals surface area contributed by atoms with E-state index in [1.165, 1.54) is 24.2 Å². The summed E-state index contributed by atoms with van der Waals surface area (Å²) < 4.78 is 31.7. The van der Waals surface area contributed by atoms with Crippen molar-refractivity contribution in [3.05, 3.63) is 18.2 Å². The van der Waals surface area contributed by atoms with Crippen molar-refractivity contribution in [2.24, 2.45) is 0 Å². The molecular weight excluding hydrogens is 294 g/mol.